The summed E-state index contributed by atoms with van der Waals surface area (Å²) in [6.07, 6.45) is 0.224. The standard InChI is InChI=1S/C34H35BrClN3O5S/c1-3-37-34(41)32(22-25-9-6-5-7-10-25)38(23-26-11-8-12-28(36)21-26)33(40)24-39(29-15-17-30(18-16-29)44-4-2)45(42,43)31-19-13-27(35)14-20-31/h5-21,32H,3-4,22-24H2,1-2H3,(H,37,41)/t32-/m0/s1. The van der Waals surface area contributed by atoms with Gasteiger partial charge < -0.3 is 15.0 Å². The number of hydrogen-bond donors (Lipinski definition) is 1. The lowest BCUT2D eigenvalue weighted by Crippen LogP contribution is -2.53. The molecule has 4 aromatic rings. The lowest BCUT2D eigenvalue weighted by atomic mass is 10.0. The first-order chi connectivity index (χ1) is 21.6. The minimum absolute atomic E-state index is 0.0123. The van der Waals surface area contributed by atoms with E-state index in [9.17, 15) is 18.0 Å². The Hall–Kier alpha value is -3.86. The lowest BCUT2D eigenvalue weighted by Gasteiger charge is -2.34. The number of hydrogen-bond acceptors (Lipinski definition) is 5. The maximum Gasteiger partial charge on any atom is 0.264 e. The number of ether oxygens (including phenoxy) is 1. The van der Waals surface area contributed by atoms with Crippen LogP contribution in [0, 0.1) is 0 Å². The molecule has 4 rings (SSSR count). The van der Waals surface area contributed by atoms with E-state index in [1.807, 2.05) is 43.3 Å². The first-order valence-corrected chi connectivity index (χ1v) is 17.1. The Bertz CT molecular complexity index is 1690. The molecular weight excluding hydrogens is 678 g/mol. The lowest BCUT2D eigenvalue weighted by molar-refractivity contribution is -0.140. The number of likely N-dealkylation sites (N-methyl/N-ethyl adjacent to an activating group) is 1. The van der Waals surface area contributed by atoms with Crippen LogP contribution in [0.25, 0.3) is 0 Å². The predicted molar refractivity (Wildman–Crippen MR) is 181 cm³/mol. The number of rotatable bonds is 14. The number of nitrogens with zero attached hydrogens (tertiary/aromatic N) is 2. The molecule has 4 aromatic carbocycles. The number of sulfonamides is 1. The van der Waals surface area contributed by atoms with E-state index in [4.69, 9.17) is 16.3 Å². The molecule has 0 fully saturated rings. The van der Waals surface area contributed by atoms with Crippen LogP contribution < -0.4 is 14.4 Å². The van der Waals surface area contributed by atoms with Crippen molar-refractivity contribution in [1.82, 2.24) is 10.2 Å². The Kier molecular flexibility index (Phi) is 12.0. The Balaban J connectivity index is 1.79. The largest absolute Gasteiger partial charge is 0.494 e. The molecule has 0 aliphatic rings. The van der Waals surface area contributed by atoms with Crippen molar-refractivity contribution in [1.29, 1.82) is 0 Å². The van der Waals surface area contributed by atoms with Crippen LogP contribution in [0.1, 0.15) is 25.0 Å². The van der Waals surface area contributed by atoms with Crippen molar-refractivity contribution < 1.29 is 22.7 Å². The Morgan fingerprint density at radius 1 is 0.889 bits per heavy atom. The molecule has 8 nitrogen and oxygen atoms in total. The number of benzene rings is 4. The highest BCUT2D eigenvalue weighted by Gasteiger charge is 2.34. The van der Waals surface area contributed by atoms with Crippen LogP contribution >= 0.6 is 27.5 Å². The van der Waals surface area contributed by atoms with Gasteiger partial charge in [0.2, 0.25) is 11.8 Å². The summed E-state index contributed by atoms with van der Waals surface area (Å²) in [7, 11) is -4.22. The van der Waals surface area contributed by atoms with Crippen molar-refractivity contribution in [2.45, 2.75) is 37.8 Å². The molecule has 0 heterocycles. The fourth-order valence-corrected chi connectivity index (χ4v) is 6.71. The summed E-state index contributed by atoms with van der Waals surface area (Å²) in [4.78, 5) is 29.5. The molecule has 0 aromatic heterocycles. The zero-order valence-electron chi connectivity index (χ0n) is 25.0. The number of halogens is 2. The fraction of sp³-hybridized carbons (Fsp3) is 0.235. The maximum atomic E-state index is 14.4. The van der Waals surface area contributed by atoms with E-state index in [2.05, 4.69) is 21.2 Å². The molecular formula is C34H35BrClN3O5S. The van der Waals surface area contributed by atoms with E-state index in [0.29, 0.717) is 34.0 Å². The molecule has 11 heteroatoms. The number of nitrogens with one attached hydrogen (secondary N) is 1. The van der Waals surface area contributed by atoms with Crippen LogP contribution in [0.3, 0.4) is 0 Å². The van der Waals surface area contributed by atoms with E-state index >= 15 is 0 Å². The minimum Gasteiger partial charge on any atom is -0.494 e. The van der Waals surface area contributed by atoms with Crippen molar-refractivity contribution in [3.63, 3.8) is 0 Å². The number of anilines is 1. The quantitative estimate of drug-likeness (QED) is 0.162. The van der Waals surface area contributed by atoms with Crippen LogP contribution in [0.2, 0.25) is 5.02 Å². The van der Waals surface area contributed by atoms with Crippen LogP contribution in [-0.2, 0) is 32.6 Å². The molecule has 1 N–H and O–H groups in total. The summed E-state index contributed by atoms with van der Waals surface area (Å²) in [6, 6.07) is 28.2. The number of carbonyl (C=O) groups excluding carboxylic acids is 2. The van der Waals surface area contributed by atoms with Gasteiger partial charge in [-0.3, -0.25) is 13.9 Å². The van der Waals surface area contributed by atoms with Gasteiger partial charge in [-0.15, -0.1) is 0 Å². The second-order valence-electron chi connectivity index (χ2n) is 10.1. The normalized spacial score (nSPS) is 11.8. The van der Waals surface area contributed by atoms with Gasteiger partial charge in [0.25, 0.3) is 10.0 Å². The van der Waals surface area contributed by atoms with Gasteiger partial charge in [-0.1, -0.05) is 70.0 Å². The summed E-state index contributed by atoms with van der Waals surface area (Å²) in [5, 5.41) is 3.33. The van der Waals surface area contributed by atoms with E-state index in [-0.39, 0.29) is 29.5 Å². The molecule has 0 bridgehead atoms. The second kappa shape index (κ2) is 15.9. The predicted octanol–water partition coefficient (Wildman–Crippen LogP) is 6.47. The minimum atomic E-state index is -4.22. The highest BCUT2D eigenvalue weighted by atomic mass is 79.9. The van der Waals surface area contributed by atoms with Gasteiger partial charge in [0.15, 0.2) is 0 Å². The highest BCUT2D eigenvalue weighted by molar-refractivity contribution is 9.10. The molecule has 236 valence electrons. The first-order valence-electron chi connectivity index (χ1n) is 14.5. The van der Waals surface area contributed by atoms with Gasteiger partial charge in [-0.2, -0.15) is 0 Å². The van der Waals surface area contributed by atoms with E-state index in [1.54, 1.807) is 61.5 Å². The first kappa shape index (κ1) is 34.0. The van der Waals surface area contributed by atoms with Gasteiger partial charge in [0, 0.05) is 29.0 Å². The monoisotopic (exact) mass is 711 g/mol. The van der Waals surface area contributed by atoms with Crippen molar-refractivity contribution in [3.8, 4) is 5.75 Å². The third kappa shape index (κ3) is 9.09. The summed E-state index contributed by atoms with van der Waals surface area (Å²) in [6.45, 7) is 3.94. The van der Waals surface area contributed by atoms with Gasteiger partial charge in [0.05, 0.1) is 17.2 Å². The average molecular weight is 713 g/mol. The molecule has 0 aliphatic heterocycles. The Morgan fingerprint density at radius 3 is 2.18 bits per heavy atom. The molecule has 1 atom stereocenters. The summed E-state index contributed by atoms with van der Waals surface area (Å²) in [5.41, 5.74) is 1.82. The summed E-state index contributed by atoms with van der Waals surface area (Å²) < 4.78 is 35.6. The van der Waals surface area contributed by atoms with Crippen LogP contribution in [0.4, 0.5) is 5.69 Å². The molecule has 0 radical (unpaired) electrons. The Labute approximate surface area is 278 Å². The molecule has 0 unspecified atom stereocenters. The number of carbonyl (C=O) groups is 2. The molecule has 0 saturated carbocycles. The van der Waals surface area contributed by atoms with Gasteiger partial charge in [-0.25, -0.2) is 8.42 Å². The average Bonchev–Trinajstić information content (AvgIpc) is 3.03. The van der Waals surface area contributed by atoms with Crippen molar-refractivity contribution in [2.75, 3.05) is 24.0 Å². The molecule has 0 aliphatic carbocycles. The SMILES string of the molecule is CCNC(=O)[C@H](Cc1ccccc1)N(Cc1cccc(Cl)c1)C(=O)CN(c1ccc(OCC)cc1)S(=O)(=O)c1ccc(Br)cc1. The third-order valence-corrected chi connectivity index (χ3v) is 9.53. The van der Waals surface area contributed by atoms with Gasteiger partial charge in [0.1, 0.15) is 18.3 Å². The van der Waals surface area contributed by atoms with Gasteiger partial charge in [-0.05, 0) is 85.6 Å². The fourth-order valence-electron chi connectivity index (χ4n) is 4.82. The molecule has 2 amide bonds. The number of amides is 2. The Morgan fingerprint density at radius 2 is 1.56 bits per heavy atom. The molecule has 0 saturated heterocycles. The topological polar surface area (TPSA) is 96.0 Å². The summed E-state index contributed by atoms with van der Waals surface area (Å²) in [5.74, 6) is -0.341. The second-order valence-corrected chi connectivity index (χ2v) is 13.4. The van der Waals surface area contributed by atoms with E-state index in [1.165, 1.54) is 17.0 Å². The molecule has 0 spiro atoms. The van der Waals surface area contributed by atoms with Gasteiger partial charge >= 0.3 is 0 Å². The zero-order chi connectivity index (χ0) is 32.4. The smallest absolute Gasteiger partial charge is 0.264 e. The van der Waals surface area contributed by atoms with Crippen LogP contribution in [0.15, 0.2) is 112 Å². The third-order valence-electron chi connectivity index (χ3n) is 6.98. The van der Waals surface area contributed by atoms with E-state index < -0.39 is 28.5 Å². The molecule has 45 heavy (non-hydrogen) atoms. The maximum absolute atomic E-state index is 14.4. The summed E-state index contributed by atoms with van der Waals surface area (Å²) >= 11 is 9.64. The zero-order valence-corrected chi connectivity index (χ0v) is 28.2. The van der Waals surface area contributed by atoms with Crippen molar-refractivity contribution in [3.05, 3.63) is 124 Å². The van der Waals surface area contributed by atoms with Crippen molar-refractivity contribution >= 4 is 55.1 Å². The van der Waals surface area contributed by atoms with Crippen LogP contribution in [-0.4, -0.2) is 50.9 Å². The van der Waals surface area contributed by atoms with Crippen LogP contribution in [0.5, 0.6) is 5.75 Å². The highest BCUT2D eigenvalue weighted by Crippen LogP contribution is 2.28. The van der Waals surface area contributed by atoms with E-state index in [0.717, 1.165) is 9.87 Å². The van der Waals surface area contributed by atoms with Crippen molar-refractivity contribution in [2.24, 2.45) is 0 Å².